The Morgan fingerprint density at radius 1 is 1.00 bits per heavy atom. The first kappa shape index (κ1) is 11.4. The van der Waals surface area contributed by atoms with E-state index in [4.69, 9.17) is 0 Å². The van der Waals surface area contributed by atoms with Gasteiger partial charge >= 0.3 is 0 Å². The molecule has 1 fully saturated rings. The molecule has 0 saturated heterocycles. The molecule has 1 aliphatic carbocycles. The van der Waals surface area contributed by atoms with Crippen molar-refractivity contribution in [3.8, 4) is 0 Å². The van der Waals surface area contributed by atoms with Crippen LogP contribution < -0.4 is 0 Å². The fourth-order valence-corrected chi connectivity index (χ4v) is 2.59. The van der Waals surface area contributed by atoms with Crippen molar-refractivity contribution in [1.82, 2.24) is 0 Å². The van der Waals surface area contributed by atoms with Gasteiger partial charge in [0.05, 0.1) is 0 Å². The molecule has 0 bridgehead atoms. The van der Waals surface area contributed by atoms with Crippen molar-refractivity contribution in [2.24, 2.45) is 5.92 Å². The zero-order chi connectivity index (χ0) is 11.1. The van der Waals surface area contributed by atoms with Crippen LogP contribution in [0, 0.1) is 5.92 Å². The topological polar surface area (TPSA) is 0 Å². The van der Waals surface area contributed by atoms with Crippen molar-refractivity contribution in [3.05, 3.63) is 42.0 Å². The van der Waals surface area contributed by atoms with E-state index in [9.17, 15) is 0 Å². The van der Waals surface area contributed by atoms with Crippen LogP contribution in [0.15, 0.2) is 36.4 Å². The minimum absolute atomic E-state index is 1.01. The predicted molar refractivity (Wildman–Crippen MR) is 71.3 cm³/mol. The Balaban J connectivity index is 1.69. The van der Waals surface area contributed by atoms with E-state index < -0.39 is 0 Å². The van der Waals surface area contributed by atoms with E-state index in [1.54, 1.807) is 0 Å². The first-order valence-corrected chi connectivity index (χ1v) is 6.67. The Bertz CT molecular complexity index is 304. The maximum Gasteiger partial charge on any atom is -0.0260 e. The fraction of sp³-hybridized carbons (Fsp3) is 0.500. The third kappa shape index (κ3) is 3.84. The number of hydrogen-bond acceptors (Lipinski definition) is 0. The molecule has 0 atom stereocenters. The molecule has 0 N–H and O–H groups in total. The molecule has 0 radical (unpaired) electrons. The van der Waals surface area contributed by atoms with Crippen LogP contribution >= 0.6 is 0 Å². The van der Waals surface area contributed by atoms with Crippen molar-refractivity contribution in [1.29, 1.82) is 0 Å². The van der Waals surface area contributed by atoms with E-state index >= 15 is 0 Å². The highest BCUT2D eigenvalue weighted by molar-refractivity contribution is 5.48. The highest BCUT2D eigenvalue weighted by Crippen LogP contribution is 2.27. The molecule has 2 rings (SSSR count). The van der Waals surface area contributed by atoms with Gasteiger partial charge in [-0.1, -0.05) is 74.6 Å². The Hall–Kier alpha value is -1.04. The molecule has 1 aliphatic rings. The normalized spacial score (nSPS) is 18.0. The molecule has 0 unspecified atom stereocenters. The minimum Gasteiger partial charge on any atom is -0.0839 e. The van der Waals surface area contributed by atoms with Gasteiger partial charge in [-0.2, -0.15) is 0 Å². The summed E-state index contributed by atoms with van der Waals surface area (Å²) in [6, 6.07) is 10.6. The van der Waals surface area contributed by atoms with Gasteiger partial charge in [-0.3, -0.25) is 0 Å². The van der Waals surface area contributed by atoms with Crippen LogP contribution in [0.2, 0.25) is 0 Å². The van der Waals surface area contributed by atoms with Crippen molar-refractivity contribution < 1.29 is 0 Å². The van der Waals surface area contributed by atoms with Crippen LogP contribution in [0.25, 0.3) is 6.08 Å². The van der Waals surface area contributed by atoms with E-state index in [0.717, 1.165) is 5.92 Å². The molecule has 1 aromatic rings. The maximum absolute atomic E-state index is 2.34. The van der Waals surface area contributed by atoms with Crippen molar-refractivity contribution in [2.45, 2.75) is 44.9 Å². The van der Waals surface area contributed by atoms with E-state index in [0.29, 0.717) is 0 Å². The zero-order valence-corrected chi connectivity index (χ0v) is 10.1. The summed E-state index contributed by atoms with van der Waals surface area (Å²) < 4.78 is 0. The summed E-state index contributed by atoms with van der Waals surface area (Å²) in [6.07, 6.45) is 14.6. The first-order chi connectivity index (χ1) is 7.95. The Morgan fingerprint density at radius 2 is 1.75 bits per heavy atom. The smallest absolute Gasteiger partial charge is 0.0260 e. The fourth-order valence-electron chi connectivity index (χ4n) is 2.59. The van der Waals surface area contributed by atoms with Crippen LogP contribution in [-0.2, 0) is 0 Å². The van der Waals surface area contributed by atoms with Gasteiger partial charge in [0.1, 0.15) is 0 Å². The molecule has 0 aliphatic heterocycles. The summed E-state index contributed by atoms with van der Waals surface area (Å²) in [5.74, 6) is 1.01. The van der Waals surface area contributed by atoms with E-state index in [1.165, 1.54) is 50.5 Å². The molecule has 1 saturated carbocycles. The standard InChI is InChI=1S/C16H22/c1-3-9-15(10-4-1)13-7-8-14-16-11-5-2-6-12-16/h1,3-4,7,9-10,13,16H,2,5-6,8,11-12,14H2. The summed E-state index contributed by atoms with van der Waals surface area (Å²) in [5.41, 5.74) is 1.33. The molecular formula is C16H22. The second-order valence-electron chi connectivity index (χ2n) is 4.89. The second-order valence-corrected chi connectivity index (χ2v) is 4.89. The highest BCUT2D eigenvalue weighted by atomic mass is 14.2. The molecule has 0 aromatic heterocycles. The Morgan fingerprint density at radius 3 is 2.50 bits per heavy atom. The summed E-state index contributed by atoms with van der Waals surface area (Å²) in [6.45, 7) is 0. The van der Waals surface area contributed by atoms with Crippen molar-refractivity contribution in [3.63, 3.8) is 0 Å². The summed E-state index contributed by atoms with van der Waals surface area (Å²) in [4.78, 5) is 0. The third-order valence-corrected chi connectivity index (χ3v) is 3.58. The molecular weight excluding hydrogens is 192 g/mol. The van der Waals surface area contributed by atoms with Crippen molar-refractivity contribution >= 4 is 6.08 Å². The molecule has 1 aromatic carbocycles. The quantitative estimate of drug-likeness (QED) is 0.657. The van der Waals surface area contributed by atoms with Crippen LogP contribution in [0.5, 0.6) is 0 Å². The van der Waals surface area contributed by atoms with Gasteiger partial charge in [0, 0.05) is 0 Å². The lowest BCUT2D eigenvalue weighted by molar-refractivity contribution is 0.341. The van der Waals surface area contributed by atoms with Gasteiger partial charge in [-0.25, -0.2) is 0 Å². The summed E-state index contributed by atoms with van der Waals surface area (Å²) in [7, 11) is 0. The lowest BCUT2D eigenvalue weighted by Gasteiger charge is -2.20. The van der Waals surface area contributed by atoms with Gasteiger partial charge in [-0.05, 0) is 24.3 Å². The molecule has 0 heterocycles. The number of benzene rings is 1. The zero-order valence-electron chi connectivity index (χ0n) is 10.1. The molecule has 16 heavy (non-hydrogen) atoms. The predicted octanol–water partition coefficient (Wildman–Crippen LogP) is 5.06. The van der Waals surface area contributed by atoms with Crippen LogP contribution in [0.3, 0.4) is 0 Å². The number of allylic oxidation sites excluding steroid dienone is 1. The average Bonchev–Trinajstić information content (AvgIpc) is 2.37. The van der Waals surface area contributed by atoms with Gasteiger partial charge in [-0.15, -0.1) is 0 Å². The second kappa shape index (κ2) is 6.52. The van der Waals surface area contributed by atoms with Gasteiger partial charge in [0.15, 0.2) is 0 Å². The van der Waals surface area contributed by atoms with E-state index in [-0.39, 0.29) is 0 Å². The van der Waals surface area contributed by atoms with Crippen LogP contribution in [0.1, 0.15) is 50.5 Å². The first-order valence-electron chi connectivity index (χ1n) is 6.67. The van der Waals surface area contributed by atoms with Gasteiger partial charge in [0.25, 0.3) is 0 Å². The van der Waals surface area contributed by atoms with Gasteiger partial charge in [0.2, 0.25) is 0 Å². The Kier molecular flexibility index (Phi) is 4.67. The van der Waals surface area contributed by atoms with Gasteiger partial charge < -0.3 is 0 Å². The molecule has 0 heteroatoms. The maximum atomic E-state index is 2.34. The van der Waals surface area contributed by atoms with E-state index in [1.807, 2.05) is 0 Å². The third-order valence-electron chi connectivity index (χ3n) is 3.58. The summed E-state index contributed by atoms with van der Waals surface area (Å²) in [5, 5.41) is 0. The lowest BCUT2D eigenvalue weighted by atomic mass is 9.86. The summed E-state index contributed by atoms with van der Waals surface area (Å²) >= 11 is 0. The average molecular weight is 214 g/mol. The SMILES string of the molecule is C(=Cc1ccccc1)CCC1CCCCC1. The molecule has 0 spiro atoms. The number of rotatable bonds is 4. The lowest BCUT2D eigenvalue weighted by Crippen LogP contribution is -2.05. The highest BCUT2D eigenvalue weighted by Gasteiger charge is 2.11. The molecule has 0 amide bonds. The molecule has 86 valence electrons. The van der Waals surface area contributed by atoms with E-state index in [2.05, 4.69) is 42.5 Å². The largest absolute Gasteiger partial charge is 0.0839 e. The van der Waals surface area contributed by atoms with Crippen molar-refractivity contribution in [2.75, 3.05) is 0 Å². The Labute approximate surface area is 99.4 Å². The minimum atomic E-state index is 1.01. The van der Waals surface area contributed by atoms with Crippen LogP contribution in [-0.4, -0.2) is 0 Å². The van der Waals surface area contributed by atoms with Crippen LogP contribution in [0.4, 0.5) is 0 Å². The monoisotopic (exact) mass is 214 g/mol. The number of hydrogen-bond donors (Lipinski definition) is 0. The molecule has 0 nitrogen and oxygen atoms in total.